The van der Waals surface area contributed by atoms with E-state index in [1.807, 2.05) is 16.8 Å². The Bertz CT molecular complexity index is 622. The molecule has 0 fully saturated rings. The minimum atomic E-state index is -1.03. The number of carbonyl (C=O) groups is 2. The van der Waals surface area contributed by atoms with Crippen LogP contribution in [-0.4, -0.2) is 41.7 Å². The van der Waals surface area contributed by atoms with Gasteiger partial charge in [-0.2, -0.15) is 11.3 Å². The number of thiophene rings is 1. The molecule has 21 heavy (non-hydrogen) atoms. The summed E-state index contributed by atoms with van der Waals surface area (Å²) in [5.74, 6) is -1.24. The Morgan fingerprint density at radius 1 is 1.48 bits per heavy atom. The Morgan fingerprint density at radius 3 is 2.95 bits per heavy atom. The van der Waals surface area contributed by atoms with Crippen LogP contribution in [0.3, 0.4) is 0 Å². The summed E-state index contributed by atoms with van der Waals surface area (Å²) in [6.07, 6.45) is 0. The van der Waals surface area contributed by atoms with E-state index < -0.39 is 5.97 Å². The van der Waals surface area contributed by atoms with Crippen molar-refractivity contribution < 1.29 is 19.4 Å². The monoisotopic (exact) mass is 326 g/mol. The number of carboxylic acid groups (broad SMARTS) is 1. The first-order valence-corrected chi connectivity index (χ1v) is 7.91. The van der Waals surface area contributed by atoms with E-state index >= 15 is 0 Å². The van der Waals surface area contributed by atoms with Crippen molar-refractivity contribution in [1.82, 2.24) is 10.3 Å². The van der Waals surface area contributed by atoms with Crippen LogP contribution in [0, 0.1) is 6.92 Å². The number of nitrogens with zero attached hydrogens (tertiary/aromatic N) is 1. The molecule has 2 heterocycles. The lowest BCUT2D eigenvalue weighted by Gasteiger charge is -2.03. The second-order valence-corrected chi connectivity index (χ2v) is 5.93. The quantitative estimate of drug-likeness (QED) is 0.760. The molecule has 2 aromatic rings. The van der Waals surface area contributed by atoms with Crippen LogP contribution in [0.2, 0.25) is 0 Å². The van der Waals surface area contributed by atoms with Crippen LogP contribution >= 0.6 is 22.7 Å². The minimum absolute atomic E-state index is 0.160. The lowest BCUT2D eigenvalue weighted by Crippen LogP contribution is -2.27. The second-order valence-electron chi connectivity index (χ2n) is 4.15. The van der Waals surface area contributed by atoms with Gasteiger partial charge in [0.15, 0.2) is 0 Å². The number of aromatic nitrogens is 1. The van der Waals surface area contributed by atoms with Gasteiger partial charge in [0.25, 0.3) is 5.91 Å². The number of rotatable bonds is 7. The van der Waals surface area contributed by atoms with Gasteiger partial charge in [0, 0.05) is 17.5 Å². The Hall–Kier alpha value is -1.77. The second kappa shape index (κ2) is 7.30. The van der Waals surface area contributed by atoms with Crippen molar-refractivity contribution >= 4 is 34.6 Å². The molecule has 112 valence electrons. The van der Waals surface area contributed by atoms with Crippen molar-refractivity contribution in [2.24, 2.45) is 0 Å². The van der Waals surface area contributed by atoms with Crippen molar-refractivity contribution in [2.75, 3.05) is 19.8 Å². The van der Waals surface area contributed by atoms with Gasteiger partial charge >= 0.3 is 5.97 Å². The highest BCUT2D eigenvalue weighted by atomic mass is 32.1. The molecule has 0 aromatic carbocycles. The summed E-state index contributed by atoms with van der Waals surface area (Å²) in [5.41, 5.74) is 1.70. The number of nitrogens with one attached hydrogen (secondary N) is 1. The van der Waals surface area contributed by atoms with Gasteiger partial charge in [-0.1, -0.05) is 0 Å². The van der Waals surface area contributed by atoms with Crippen molar-refractivity contribution in [1.29, 1.82) is 0 Å². The average molecular weight is 326 g/mol. The molecule has 0 aliphatic carbocycles. The zero-order valence-electron chi connectivity index (χ0n) is 11.3. The van der Waals surface area contributed by atoms with Crippen LogP contribution in [0.4, 0.5) is 0 Å². The maximum atomic E-state index is 12.0. The number of ether oxygens (including phenoxy) is 1. The van der Waals surface area contributed by atoms with Crippen LogP contribution in [0.25, 0.3) is 10.6 Å². The molecule has 2 rings (SSSR count). The first kappa shape index (κ1) is 15.6. The third-order valence-electron chi connectivity index (χ3n) is 2.53. The Kier molecular flexibility index (Phi) is 5.43. The summed E-state index contributed by atoms with van der Waals surface area (Å²) in [7, 11) is 0. The highest BCUT2D eigenvalue weighted by molar-refractivity contribution is 7.17. The zero-order chi connectivity index (χ0) is 15.2. The summed E-state index contributed by atoms with van der Waals surface area (Å²) in [6.45, 7) is 1.85. The first-order valence-electron chi connectivity index (χ1n) is 6.15. The van der Waals surface area contributed by atoms with Crippen molar-refractivity contribution in [3.63, 3.8) is 0 Å². The molecule has 0 bridgehead atoms. The van der Waals surface area contributed by atoms with Crippen LogP contribution < -0.4 is 5.32 Å². The molecule has 8 heteroatoms. The van der Waals surface area contributed by atoms with Crippen molar-refractivity contribution in [2.45, 2.75) is 6.92 Å². The molecule has 0 aliphatic heterocycles. The fourth-order valence-electron chi connectivity index (χ4n) is 1.59. The SMILES string of the molecule is Cc1nc(-c2ccsc2)sc1C(=O)NCCOCC(=O)O. The molecule has 1 amide bonds. The summed E-state index contributed by atoms with van der Waals surface area (Å²) >= 11 is 2.92. The van der Waals surface area contributed by atoms with Gasteiger partial charge in [0.1, 0.15) is 16.5 Å². The normalized spacial score (nSPS) is 10.5. The average Bonchev–Trinajstić information content (AvgIpc) is 3.06. The van der Waals surface area contributed by atoms with E-state index in [2.05, 4.69) is 10.3 Å². The van der Waals surface area contributed by atoms with E-state index in [1.165, 1.54) is 11.3 Å². The maximum absolute atomic E-state index is 12.0. The van der Waals surface area contributed by atoms with E-state index in [0.717, 1.165) is 10.6 Å². The van der Waals surface area contributed by atoms with E-state index in [4.69, 9.17) is 9.84 Å². The largest absolute Gasteiger partial charge is 0.480 e. The van der Waals surface area contributed by atoms with Crippen LogP contribution in [0.5, 0.6) is 0 Å². The van der Waals surface area contributed by atoms with Gasteiger partial charge in [-0.05, 0) is 18.4 Å². The van der Waals surface area contributed by atoms with Gasteiger partial charge in [0.2, 0.25) is 0 Å². The Labute approximate surface area is 129 Å². The topological polar surface area (TPSA) is 88.5 Å². The van der Waals surface area contributed by atoms with Crippen molar-refractivity contribution in [3.8, 4) is 10.6 Å². The minimum Gasteiger partial charge on any atom is -0.480 e. The van der Waals surface area contributed by atoms with Crippen LogP contribution in [0.1, 0.15) is 15.4 Å². The molecule has 0 spiro atoms. The van der Waals surface area contributed by atoms with Crippen LogP contribution in [-0.2, 0) is 9.53 Å². The maximum Gasteiger partial charge on any atom is 0.329 e. The van der Waals surface area contributed by atoms with Crippen LogP contribution in [0.15, 0.2) is 16.8 Å². The number of hydrogen-bond donors (Lipinski definition) is 2. The fraction of sp³-hybridized carbons (Fsp3) is 0.308. The third-order valence-corrected chi connectivity index (χ3v) is 4.42. The molecule has 2 aromatic heterocycles. The molecule has 0 saturated carbocycles. The number of thiazole rings is 1. The number of aryl methyl sites for hydroxylation is 1. The summed E-state index contributed by atoms with van der Waals surface area (Å²) in [6, 6.07) is 1.96. The number of aliphatic carboxylic acids is 1. The summed E-state index contributed by atoms with van der Waals surface area (Å²) in [5, 5.41) is 15.9. The van der Waals surface area contributed by atoms with Gasteiger partial charge in [-0.15, -0.1) is 11.3 Å². The Morgan fingerprint density at radius 2 is 2.29 bits per heavy atom. The van der Waals surface area contributed by atoms with Gasteiger partial charge in [0.05, 0.1) is 12.3 Å². The van der Waals surface area contributed by atoms with E-state index in [1.54, 1.807) is 18.3 Å². The van der Waals surface area contributed by atoms with Gasteiger partial charge in [-0.25, -0.2) is 9.78 Å². The summed E-state index contributed by atoms with van der Waals surface area (Å²) in [4.78, 5) is 27.3. The van der Waals surface area contributed by atoms with E-state index in [-0.39, 0.29) is 25.7 Å². The first-order chi connectivity index (χ1) is 10.1. The molecule has 0 radical (unpaired) electrons. The zero-order valence-corrected chi connectivity index (χ0v) is 12.9. The highest BCUT2D eigenvalue weighted by Crippen LogP contribution is 2.29. The molecule has 0 aliphatic rings. The van der Waals surface area contributed by atoms with E-state index in [0.29, 0.717) is 10.6 Å². The van der Waals surface area contributed by atoms with Gasteiger partial charge < -0.3 is 15.2 Å². The summed E-state index contributed by atoms with van der Waals surface area (Å²) < 4.78 is 4.85. The van der Waals surface area contributed by atoms with E-state index in [9.17, 15) is 9.59 Å². The predicted molar refractivity (Wildman–Crippen MR) is 81.0 cm³/mol. The Balaban J connectivity index is 1.89. The highest BCUT2D eigenvalue weighted by Gasteiger charge is 2.16. The molecule has 0 saturated heterocycles. The molecule has 0 atom stereocenters. The van der Waals surface area contributed by atoms with Crippen molar-refractivity contribution in [3.05, 3.63) is 27.4 Å². The molecular weight excluding hydrogens is 312 g/mol. The smallest absolute Gasteiger partial charge is 0.329 e. The number of carboxylic acids is 1. The molecule has 2 N–H and O–H groups in total. The molecule has 0 unspecified atom stereocenters. The molecule has 6 nitrogen and oxygen atoms in total. The standard InChI is InChI=1S/C13H14N2O4S2/c1-8-11(12(18)14-3-4-19-6-10(16)17)21-13(15-8)9-2-5-20-7-9/h2,5,7H,3-4,6H2,1H3,(H,14,18)(H,16,17). The number of amides is 1. The number of hydrogen-bond acceptors (Lipinski definition) is 6. The lowest BCUT2D eigenvalue weighted by atomic mass is 10.3. The molecular formula is C13H14N2O4S2. The fourth-order valence-corrected chi connectivity index (χ4v) is 3.29. The lowest BCUT2D eigenvalue weighted by molar-refractivity contribution is -0.142. The predicted octanol–water partition coefficient (Wildman–Crippen LogP) is 2.01. The number of carbonyl (C=O) groups excluding carboxylic acids is 1. The van der Waals surface area contributed by atoms with Gasteiger partial charge in [-0.3, -0.25) is 4.79 Å². The third kappa shape index (κ3) is 4.35.